The van der Waals surface area contributed by atoms with Crippen molar-refractivity contribution in [1.82, 2.24) is 14.5 Å². The van der Waals surface area contributed by atoms with E-state index in [-0.39, 0.29) is 18.9 Å². The number of carbonyl (C=O) groups excluding carboxylic acids is 1. The molecule has 11 nitrogen and oxygen atoms in total. The summed E-state index contributed by atoms with van der Waals surface area (Å²) in [6.07, 6.45) is 4.34. The van der Waals surface area contributed by atoms with Crippen molar-refractivity contribution in [3.8, 4) is 11.5 Å². The maximum absolute atomic E-state index is 11.7. The minimum Gasteiger partial charge on any atom is -0.455 e. The Balaban J connectivity index is 0.000000556. The molecule has 0 radical (unpaired) electrons. The summed E-state index contributed by atoms with van der Waals surface area (Å²) in [6.45, 7) is 0.456. The second-order valence-electron chi connectivity index (χ2n) is 7.80. The SMILES string of the molecule is CS(=O)(=O)O.O=C1Cc2c(cccc2Oc2ccc(Nc3ncnc4ccn(CCO)c34)cc2Cl)N1. The first-order valence-corrected chi connectivity index (χ1v) is 12.8. The van der Waals surface area contributed by atoms with E-state index in [0.717, 1.165) is 28.0 Å². The third-order valence-electron chi connectivity index (χ3n) is 5.05. The van der Waals surface area contributed by atoms with Crippen LogP contribution in [0.2, 0.25) is 5.02 Å². The van der Waals surface area contributed by atoms with Crippen LogP contribution in [0.25, 0.3) is 11.0 Å². The zero-order valence-corrected chi connectivity index (χ0v) is 20.5. The van der Waals surface area contributed by atoms with E-state index in [1.54, 1.807) is 12.1 Å². The van der Waals surface area contributed by atoms with Gasteiger partial charge in [0.25, 0.3) is 10.1 Å². The Kier molecular flexibility index (Phi) is 7.40. The van der Waals surface area contributed by atoms with E-state index < -0.39 is 10.1 Å². The molecule has 4 aromatic rings. The fourth-order valence-electron chi connectivity index (χ4n) is 3.65. The molecule has 13 heteroatoms. The van der Waals surface area contributed by atoms with Crippen LogP contribution in [0.4, 0.5) is 17.2 Å². The molecule has 2 aromatic heterocycles. The number of ether oxygens (including phenoxy) is 1. The largest absolute Gasteiger partial charge is 0.455 e. The lowest BCUT2D eigenvalue weighted by Crippen LogP contribution is -2.04. The number of aliphatic hydroxyl groups excluding tert-OH is 1. The molecule has 0 saturated carbocycles. The molecule has 5 rings (SSSR count). The highest BCUT2D eigenvalue weighted by molar-refractivity contribution is 7.85. The van der Waals surface area contributed by atoms with Crippen molar-refractivity contribution in [1.29, 1.82) is 0 Å². The number of rotatable bonds is 6. The zero-order valence-electron chi connectivity index (χ0n) is 19.0. The number of carbonyl (C=O) groups is 1. The standard InChI is InChI=1S/C22H18ClN5O3.CH4O3S/c23-15-10-13(26-22-21-17(24-12-25-22)6-7-28(21)8-9-29)4-5-19(15)31-18-3-1-2-16-14(18)11-20(30)27-16;1-5(2,3)4/h1-7,10,12,29H,8-9,11H2,(H,27,30)(H,24,25,26);1H3,(H,2,3,4). The molecule has 0 atom stereocenters. The molecule has 36 heavy (non-hydrogen) atoms. The first-order valence-electron chi connectivity index (χ1n) is 10.6. The Morgan fingerprint density at radius 1 is 1.19 bits per heavy atom. The Bertz CT molecular complexity index is 1530. The summed E-state index contributed by atoms with van der Waals surface area (Å²) >= 11 is 6.48. The first kappa shape index (κ1) is 25.4. The van der Waals surface area contributed by atoms with Crippen molar-refractivity contribution >= 4 is 55.9 Å². The Morgan fingerprint density at radius 2 is 1.97 bits per heavy atom. The maximum atomic E-state index is 11.7. The number of hydrogen-bond acceptors (Lipinski definition) is 8. The van der Waals surface area contributed by atoms with Crippen LogP contribution in [-0.4, -0.2) is 51.4 Å². The summed E-state index contributed by atoms with van der Waals surface area (Å²) in [6, 6.07) is 12.7. The van der Waals surface area contributed by atoms with Gasteiger partial charge in [-0.2, -0.15) is 8.42 Å². The van der Waals surface area contributed by atoms with E-state index in [1.165, 1.54) is 6.33 Å². The Hall–Kier alpha value is -3.71. The number of nitrogens with zero attached hydrogens (tertiary/aromatic N) is 3. The molecule has 2 aromatic carbocycles. The Morgan fingerprint density at radius 3 is 2.69 bits per heavy atom. The van der Waals surface area contributed by atoms with Crippen LogP contribution in [-0.2, 0) is 27.9 Å². The van der Waals surface area contributed by atoms with Crippen molar-refractivity contribution in [2.45, 2.75) is 13.0 Å². The summed E-state index contributed by atoms with van der Waals surface area (Å²) < 4.78 is 33.8. The van der Waals surface area contributed by atoms with Crippen LogP contribution < -0.4 is 15.4 Å². The van der Waals surface area contributed by atoms with Gasteiger partial charge in [0.2, 0.25) is 5.91 Å². The van der Waals surface area contributed by atoms with Crippen molar-refractivity contribution in [2.75, 3.05) is 23.5 Å². The van der Waals surface area contributed by atoms with Crippen molar-refractivity contribution in [3.05, 3.63) is 65.6 Å². The molecule has 0 spiro atoms. The molecular weight excluding hydrogens is 510 g/mol. The van der Waals surface area contributed by atoms with Crippen molar-refractivity contribution in [2.24, 2.45) is 0 Å². The lowest BCUT2D eigenvalue weighted by Gasteiger charge is -2.13. The van der Waals surface area contributed by atoms with Gasteiger partial charge in [0.15, 0.2) is 5.82 Å². The first-order chi connectivity index (χ1) is 17.1. The zero-order chi connectivity index (χ0) is 25.9. The third kappa shape index (κ3) is 6.10. The second-order valence-corrected chi connectivity index (χ2v) is 9.67. The lowest BCUT2D eigenvalue weighted by molar-refractivity contribution is -0.115. The number of anilines is 3. The molecule has 1 aliphatic heterocycles. The van der Waals surface area contributed by atoms with E-state index in [2.05, 4.69) is 20.6 Å². The number of aromatic nitrogens is 3. The quantitative estimate of drug-likeness (QED) is 0.273. The molecule has 3 heterocycles. The number of nitrogens with one attached hydrogen (secondary N) is 2. The summed E-state index contributed by atoms with van der Waals surface area (Å²) in [5, 5.41) is 15.8. The molecule has 1 amide bonds. The van der Waals surface area contributed by atoms with Gasteiger partial charge in [0.05, 0.1) is 29.8 Å². The van der Waals surface area contributed by atoms with Gasteiger partial charge in [-0.05, 0) is 36.4 Å². The van der Waals surface area contributed by atoms with Gasteiger partial charge in [0.1, 0.15) is 23.3 Å². The van der Waals surface area contributed by atoms with E-state index in [4.69, 9.17) is 20.9 Å². The van der Waals surface area contributed by atoms with Crippen molar-refractivity contribution in [3.63, 3.8) is 0 Å². The Labute approximate surface area is 211 Å². The number of amides is 1. The van der Waals surface area contributed by atoms with Crippen LogP contribution in [0.1, 0.15) is 5.56 Å². The van der Waals surface area contributed by atoms with E-state index >= 15 is 0 Å². The molecule has 0 unspecified atom stereocenters. The number of hydrogen-bond donors (Lipinski definition) is 4. The molecule has 188 valence electrons. The van der Waals surface area contributed by atoms with Gasteiger partial charge >= 0.3 is 0 Å². The molecule has 4 N–H and O–H groups in total. The van der Waals surface area contributed by atoms with Crippen molar-refractivity contribution < 1.29 is 27.6 Å². The third-order valence-corrected chi connectivity index (χ3v) is 5.35. The monoisotopic (exact) mass is 531 g/mol. The van der Waals surface area contributed by atoms with Crippen LogP contribution in [0.15, 0.2) is 55.0 Å². The van der Waals surface area contributed by atoms with Crippen LogP contribution in [0.5, 0.6) is 11.5 Å². The number of halogens is 1. The highest BCUT2D eigenvalue weighted by atomic mass is 35.5. The van der Waals surface area contributed by atoms with Gasteiger partial charge in [-0.1, -0.05) is 17.7 Å². The van der Waals surface area contributed by atoms with Gasteiger partial charge < -0.3 is 25.0 Å². The lowest BCUT2D eigenvalue weighted by atomic mass is 10.1. The van der Waals surface area contributed by atoms with E-state index in [9.17, 15) is 18.3 Å². The van der Waals surface area contributed by atoms with E-state index in [0.29, 0.717) is 35.1 Å². The number of fused-ring (bicyclic) bond motifs is 2. The summed E-state index contributed by atoms with van der Waals surface area (Å²) in [7, 11) is -3.67. The molecular formula is C23H22ClN5O6S. The van der Waals surface area contributed by atoms with E-state index in [1.807, 2.05) is 41.1 Å². The van der Waals surface area contributed by atoms with Crippen LogP contribution >= 0.6 is 11.6 Å². The highest BCUT2D eigenvalue weighted by Crippen LogP contribution is 2.38. The fourth-order valence-corrected chi connectivity index (χ4v) is 3.87. The average molecular weight is 532 g/mol. The average Bonchev–Trinajstić information content (AvgIpc) is 3.39. The summed E-state index contributed by atoms with van der Waals surface area (Å²) in [5.41, 5.74) is 3.88. The number of benzene rings is 2. The molecule has 0 aliphatic carbocycles. The predicted molar refractivity (Wildman–Crippen MR) is 136 cm³/mol. The van der Waals surface area contributed by atoms with Gasteiger partial charge in [-0.3, -0.25) is 9.35 Å². The minimum atomic E-state index is -3.67. The summed E-state index contributed by atoms with van der Waals surface area (Å²) in [4.78, 5) is 20.3. The van der Waals surface area contributed by atoms with Crippen LogP contribution in [0, 0.1) is 0 Å². The minimum absolute atomic E-state index is 0.0142. The smallest absolute Gasteiger partial charge is 0.261 e. The summed E-state index contributed by atoms with van der Waals surface area (Å²) in [5.74, 6) is 1.63. The highest BCUT2D eigenvalue weighted by Gasteiger charge is 2.22. The normalized spacial score (nSPS) is 12.5. The molecule has 0 fully saturated rings. The maximum Gasteiger partial charge on any atom is 0.261 e. The number of aliphatic hydroxyl groups is 1. The molecule has 1 aliphatic rings. The fraction of sp³-hybridized carbons (Fsp3) is 0.174. The second kappa shape index (κ2) is 10.5. The predicted octanol–water partition coefficient (Wildman–Crippen LogP) is 3.61. The van der Waals surface area contributed by atoms with Crippen LogP contribution in [0.3, 0.4) is 0 Å². The van der Waals surface area contributed by atoms with Gasteiger partial charge in [-0.25, -0.2) is 9.97 Å². The van der Waals surface area contributed by atoms with Gasteiger partial charge in [0, 0.05) is 29.7 Å². The molecule has 0 bridgehead atoms. The topological polar surface area (TPSA) is 156 Å². The van der Waals surface area contributed by atoms with Gasteiger partial charge in [-0.15, -0.1) is 0 Å². The molecule has 0 saturated heterocycles.